The summed E-state index contributed by atoms with van der Waals surface area (Å²) < 4.78 is 25.0. The van der Waals surface area contributed by atoms with Crippen LogP contribution in [0.1, 0.15) is 18.4 Å². The zero-order chi connectivity index (χ0) is 16.3. The molecule has 1 aromatic rings. The minimum Gasteiger partial charge on any atom is -0.366 e. The zero-order valence-corrected chi connectivity index (χ0v) is 12.8. The predicted molar refractivity (Wildman–Crippen MR) is 81.0 cm³/mol. The van der Waals surface area contributed by atoms with Gasteiger partial charge in [0, 0.05) is 25.2 Å². The van der Waals surface area contributed by atoms with Crippen molar-refractivity contribution in [1.29, 1.82) is 5.26 Å². The molecule has 1 heterocycles. The molecule has 0 aromatic heterocycles. The molecule has 0 amide bonds. The van der Waals surface area contributed by atoms with Gasteiger partial charge in [0.2, 0.25) is 10.0 Å². The molecule has 0 bridgehead atoms. The maximum atomic E-state index is 11.2. The van der Waals surface area contributed by atoms with Gasteiger partial charge < -0.3 is 4.90 Å². The number of rotatable bonds is 4. The molecule has 0 spiro atoms. The number of sulfonamides is 1. The van der Waals surface area contributed by atoms with Gasteiger partial charge in [-0.05, 0) is 25.0 Å². The Balaban J connectivity index is 2.15. The Morgan fingerprint density at radius 3 is 2.55 bits per heavy atom. The SMILES string of the molecule is CS(=O)(=O)NC1CCN(c2ccc(C#N)cc2[N+](=O)[O-])CC1. The quantitative estimate of drug-likeness (QED) is 0.652. The third kappa shape index (κ3) is 3.93. The van der Waals surface area contributed by atoms with Crippen LogP contribution in [0.2, 0.25) is 0 Å². The second kappa shape index (κ2) is 6.29. The van der Waals surface area contributed by atoms with Gasteiger partial charge in [0.1, 0.15) is 5.69 Å². The third-order valence-electron chi connectivity index (χ3n) is 3.52. The Kier molecular flexibility index (Phi) is 4.63. The first kappa shape index (κ1) is 16.2. The van der Waals surface area contributed by atoms with Crippen LogP contribution in [0.25, 0.3) is 0 Å². The summed E-state index contributed by atoms with van der Waals surface area (Å²) in [6, 6.07) is 6.11. The van der Waals surface area contributed by atoms with Crippen molar-refractivity contribution in [3.8, 4) is 6.07 Å². The van der Waals surface area contributed by atoms with E-state index in [1.165, 1.54) is 6.07 Å². The van der Waals surface area contributed by atoms with Crippen LogP contribution >= 0.6 is 0 Å². The first-order chi connectivity index (χ1) is 10.3. The van der Waals surface area contributed by atoms with E-state index in [0.717, 1.165) is 6.26 Å². The molecule has 1 fully saturated rings. The number of nitrogens with zero attached hydrogens (tertiary/aromatic N) is 3. The highest BCUT2D eigenvalue weighted by Gasteiger charge is 2.26. The number of nitro groups is 1. The van der Waals surface area contributed by atoms with E-state index < -0.39 is 14.9 Å². The molecule has 1 saturated heterocycles. The van der Waals surface area contributed by atoms with Gasteiger partial charge >= 0.3 is 0 Å². The van der Waals surface area contributed by atoms with E-state index in [9.17, 15) is 18.5 Å². The Hall–Kier alpha value is -2.18. The molecule has 8 nitrogen and oxygen atoms in total. The smallest absolute Gasteiger partial charge is 0.293 e. The summed E-state index contributed by atoms with van der Waals surface area (Å²) >= 11 is 0. The third-order valence-corrected chi connectivity index (χ3v) is 4.28. The minimum absolute atomic E-state index is 0.103. The van der Waals surface area contributed by atoms with E-state index >= 15 is 0 Å². The standard InChI is InChI=1S/C13H16N4O4S/c1-22(20,21)15-11-4-6-16(7-5-11)12-3-2-10(9-14)8-13(12)17(18)19/h2-3,8,11,15H,4-7H2,1H3. The lowest BCUT2D eigenvalue weighted by molar-refractivity contribution is -0.384. The molecule has 118 valence electrons. The van der Waals surface area contributed by atoms with E-state index in [1.54, 1.807) is 12.1 Å². The lowest BCUT2D eigenvalue weighted by Gasteiger charge is -2.33. The summed E-state index contributed by atoms with van der Waals surface area (Å²) in [4.78, 5) is 12.5. The second-order valence-corrected chi connectivity index (χ2v) is 7.00. The molecule has 1 aromatic carbocycles. The van der Waals surface area contributed by atoms with Gasteiger partial charge in [-0.1, -0.05) is 0 Å². The van der Waals surface area contributed by atoms with E-state index in [2.05, 4.69) is 4.72 Å². The zero-order valence-electron chi connectivity index (χ0n) is 12.0. The lowest BCUT2D eigenvalue weighted by atomic mass is 10.0. The molecule has 1 N–H and O–H groups in total. The molecule has 1 aliphatic heterocycles. The minimum atomic E-state index is -3.25. The van der Waals surface area contributed by atoms with Gasteiger partial charge in [-0.25, -0.2) is 13.1 Å². The monoisotopic (exact) mass is 324 g/mol. The van der Waals surface area contributed by atoms with Gasteiger partial charge in [-0.3, -0.25) is 10.1 Å². The van der Waals surface area contributed by atoms with Crippen LogP contribution in [0, 0.1) is 21.4 Å². The van der Waals surface area contributed by atoms with Crippen LogP contribution < -0.4 is 9.62 Å². The first-order valence-corrected chi connectivity index (χ1v) is 8.60. The average molecular weight is 324 g/mol. The van der Waals surface area contributed by atoms with Crippen LogP contribution in [0.4, 0.5) is 11.4 Å². The molecular weight excluding hydrogens is 308 g/mol. The molecule has 1 aliphatic rings. The summed E-state index contributed by atoms with van der Waals surface area (Å²) in [6.07, 6.45) is 2.26. The van der Waals surface area contributed by atoms with Gasteiger partial charge in [0.05, 0.1) is 22.8 Å². The summed E-state index contributed by atoms with van der Waals surface area (Å²) in [7, 11) is -3.25. The summed E-state index contributed by atoms with van der Waals surface area (Å²) in [5, 5.41) is 20.0. The van der Waals surface area contributed by atoms with Crippen LogP contribution in [-0.4, -0.2) is 38.7 Å². The van der Waals surface area contributed by atoms with Crippen LogP contribution in [0.5, 0.6) is 0 Å². The highest BCUT2D eigenvalue weighted by atomic mass is 32.2. The Labute approximate surface area is 128 Å². The van der Waals surface area contributed by atoms with Gasteiger partial charge in [0.25, 0.3) is 5.69 Å². The van der Waals surface area contributed by atoms with E-state index in [-0.39, 0.29) is 17.3 Å². The maximum absolute atomic E-state index is 11.2. The molecule has 2 rings (SSSR count). The molecule has 0 radical (unpaired) electrons. The van der Waals surface area contributed by atoms with Crippen molar-refractivity contribution in [1.82, 2.24) is 4.72 Å². The topological polar surface area (TPSA) is 116 Å². The Morgan fingerprint density at radius 2 is 2.05 bits per heavy atom. The average Bonchev–Trinajstić information content (AvgIpc) is 2.45. The molecule has 0 saturated carbocycles. The largest absolute Gasteiger partial charge is 0.366 e. The number of hydrogen-bond donors (Lipinski definition) is 1. The van der Waals surface area contributed by atoms with Crippen molar-refractivity contribution in [2.24, 2.45) is 0 Å². The first-order valence-electron chi connectivity index (χ1n) is 6.71. The summed E-state index contributed by atoms with van der Waals surface area (Å²) in [5.74, 6) is 0. The van der Waals surface area contributed by atoms with Crippen molar-refractivity contribution in [2.75, 3.05) is 24.2 Å². The number of nitro benzene ring substituents is 1. The number of hydrogen-bond acceptors (Lipinski definition) is 6. The van der Waals surface area contributed by atoms with Crippen molar-refractivity contribution in [3.05, 3.63) is 33.9 Å². The molecular formula is C13H16N4O4S. The molecule has 9 heteroatoms. The van der Waals surface area contributed by atoms with Crippen molar-refractivity contribution in [2.45, 2.75) is 18.9 Å². The fraction of sp³-hybridized carbons (Fsp3) is 0.462. The van der Waals surface area contributed by atoms with Gasteiger partial charge in [-0.15, -0.1) is 0 Å². The number of anilines is 1. The summed E-state index contributed by atoms with van der Waals surface area (Å²) in [5.41, 5.74) is 0.597. The van der Waals surface area contributed by atoms with Crippen molar-refractivity contribution < 1.29 is 13.3 Å². The second-order valence-electron chi connectivity index (χ2n) is 5.22. The highest BCUT2D eigenvalue weighted by Crippen LogP contribution is 2.31. The van der Waals surface area contributed by atoms with Crippen LogP contribution in [-0.2, 0) is 10.0 Å². The highest BCUT2D eigenvalue weighted by molar-refractivity contribution is 7.88. The van der Waals surface area contributed by atoms with Crippen molar-refractivity contribution in [3.63, 3.8) is 0 Å². The number of nitriles is 1. The van der Waals surface area contributed by atoms with Gasteiger partial charge in [-0.2, -0.15) is 5.26 Å². The molecule has 22 heavy (non-hydrogen) atoms. The molecule has 0 aliphatic carbocycles. The lowest BCUT2D eigenvalue weighted by Crippen LogP contribution is -2.44. The number of benzene rings is 1. The van der Waals surface area contributed by atoms with E-state index in [4.69, 9.17) is 5.26 Å². The molecule has 0 atom stereocenters. The van der Waals surface area contributed by atoms with Gasteiger partial charge in [0.15, 0.2) is 0 Å². The fourth-order valence-corrected chi connectivity index (χ4v) is 3.39. The van der Waals surface area contributed by atoms with Crippen LogP contribution in [0.3, 0.4) is 0 Å². The Bertz CT molecular complexity index is 718. The number of piperidine rings is 1. The van der Waals surface area contributed by atoms with E-state index in [0.29, 0.717) is 31.6 Å². The number of nitrogens with one attached hydrogen (secondary N) is 1. The van der Waals surface area contributed by atoms with Crippen LogP contribution in [0.15, 0.2) is 18.2 Å². The molecule has 0 unspecified atom stereocenters. The van der Waals surface area contributed by atoms with E-state index in [1.807, 2.05) is 11.0 Å². The predicted octanol–water partition coefficient (Wildman–Crippen LogP) is 0.984. The Morgan fingerprint density at radius 1 is 1.41 bits per heavy atom. The normalized spacial score (nSPS) is 16.3. The summed E-state index contributed by atoms with van der Waals surface area (Å²) in [6.45, 7) is 1.03. The maximum Gasteiger partial charge on any atom is 0.293 e. The fourth-order valence-electron chi connectivity index (χ4n) is 2.55. The van der Waals surface area contributed by atoms with Crippen molar-refractivity contribution >= 4 is 21.4 Å².